The molecule has 0 saturated carbocycles. The number of amides is 2. The van der Waals surface area contributed by atoms with Crippen molar-refractivity contribution in [3.05, 3.63) is 35.4 Å². The van der Waals surface area contributed by atoms with Crippen LogP contribution in [0.3, 0.4) is 0 Å². The van der Waals surface area contributed by atoms with Crippen LogP contribution < -0.4 is 5.32 Å². The Morgan fingerprint density at radius 1 is 1.28 bits per heavy atom. The van der Waals surface area contributed by atoms with E-state index in [1.165, 1.54) is 4.90 Å². The lowest BCUT2D eigenvalue weighted by Crippen LogP contribution is -2.45. The summed E-state index contributed by atoms with van der Waals surface area (Å²) in [5, 5.41) is 3.26. The highest BCUT2D eigenvalue weighted by Crippen LogP contribution is 2.21. The molecule has 1 N–H and O–H groups in total. The maximum Gasteiger partial charge on any atom is 0.260 e. The minimum atomic E-state index is -0.131. The van der Waals surface area contributed by atoms with Gasteiger partial charge >= 0.3 is 0 Å². The summed E-state index contributed by atoms with van der Waals surface area (Å²) in [6, 6.07) is 7.39. The van der Waals surface area contributed by atoms with Crippen molar-refractivity contribution in [2.75, 3.05) is 19.6 Å². The lowest BCUT2D eigenvalue weighted by Gasteiger charge is -2.28. The van der Waals surface area contributed by atoms with Gasteiger partial charge in [0.1, 0.15) is 0 Å². The van der Waals surface area contributed by atoms with E-state index in [0.29, 0.717) is 24.4 Å². The third-order valence-corrected chi connectivity index (χ3v) is 3.74. The average molecular weight is 244 g/mol. The molecule has 1 aromatic rings. The Morgan fingerprint density at radius 3 is 2.89 bits per heavy atom. The fraction of sp³-hybridized carbons (Fsp3) is 0.429. The maximum absolute atomic E-state index is 12.3. The van der Waals surface area contributed by atoms with E-state index in [1.54, 1.807) is 0 Å². The molecule has 0 spiro atoms. The molecule has 4 heteroatoms. The fourth-order valence-electron chi connectivity index (χ4n) is 2.71. The highest BCUT2D eigenvalue weighted by atomic mass is 16.2. The molecular weight excluding hydrogens is 228 g/mol. The number of nitrogens with zero attached hydrogens (tertiary/aromatic N) is 1. The predicted octanol–water partition coefficient (Wildman–Crippen LogP) is 0.821. The van der Waals surface area contributed by atoms with Crippen LogP contribution in [0.2, 0.25) is 0 Å². The highest BCUT2D eigenvalue weighted by molar-refractivity contribution is 6.09. The van der Waals surface area contributed by atoms with E-state index in [0.717, 1.165) is 25.1 Å². The van der Waals surface area contributed by atoms with Gasteiger partial charge in [-0.15, -0.1) is 0 Å². The fourth-order valence-corrected chi connectivity index (χ4v) is 2.71. The normalized spacial score (nSPS) is 23.3. The lowest BCUT2D eigenvalue weighted by molar-refractivity contribution is -0.128. The zero-order valence-electron chi connectivity index (χ0n) is 10.2. The minimum Gasteiger partial charge on any atom is -0.316 e. The number of fused-ring (bicyclic) bond motifs is 1. The van der Waals surface area contributed by atoms with E-state index in [-0.39, 0.29) is 11.8 Å². The third-order valence-electron chi connectivity index (χ3n) is 3.74. The van der Waals surface area contributed by atoms with Crippen molar-refractivity contribution in [3.8, 4) is 0 Å². The summed E-state index contributed by atoms with van der Waals surface area (Å²) in [7, 11) is 0. The molecule has 1 atom stereocenters. The Morgan fingerprint density at radius 2 is 2.11 bits per heavy atom. The van der Waals surface area contributed by atoms with Crippen molar-refractivity contribution in [3.63, 3.8) is 0 Å². The van der Waals surface area contributed by atoms with Gasteiger partial charge in [0.2, 0.25) is 5.91 Å². The van der Waals surface area contributed by atoms with E-state index < -0.39 is 0 Å². The van der Waals surface area contributed by atoms with Crippen LogP contribution >= 0.6 is 0 Å². The largest absolute Gasteiger partial charge is 0.316 e. The van der Waals surface area contributed by atoms with E-state index >= 15 is 0 Å². The molecule has 2 aliphatic heterocycles. The quantitative estimate of drug-likeness (QED) is 0.784. The molecule has 18 heavy (non-hydrogen) atoms. The van der Waals surface area contributed by atoms with Crippen LogP contribution in [0.4, 0.5) is 0 Å². The van der Waals surface area contributed by atoms with Crippen molar-refractivity contribution >= 4 is 11.8 Å². The van der Waals surface area contributed by atoms with Gasteiger partial charge in [0.25, 0.3) is 5.91 Å². The number of hydrogen-bond acceptors (Lipinski definition) is 3. The van der Waals surface area contributed by atoms with Gasteiger partial charge < -0.3 is 5.32 Å². The molecule has 1 saturated heterocycles. The third kappa shape index (κ3) is 1.93. The van der Waals surface area contributed by atoms with Crippen LogP contribution in [-0.4, -0.2) is 36.3 Å². The average Bonchev–Trinajstić information content (AvgIpc) is 2.87. The van der Waals surface area contributed by atoms with Crippen molar-refractivity contribution in [1.29, 1.82) is 0 Å². The first-order chi connectivity index (χ1) is 8.75. The van der Waals surface area contributed by atoms with Gasteiger partial charge in [-0.2, -0.15) is 0 Å². The lowest BCUT2D eigenvalue weighted by atomic mass is 9.97. The van der Waals surface area contributed by atoms with Gasteiger partial charge in [-0.1, -0.05) is 18.2 Å². The summed E-state index contributed by atoms with van der Waals surface area (Å²) < 4.78 is 0. The Kier molecular flexibility index (Phi) is 2.88. The van der Waals surface area contributed by atoms with Crippen LogP contribution in [0.25, 0.3) is 0 Å². The molecular formula is C14H16N2O2. The van der Waals surface area contributed by atoms with Crippen molar-refractivity contribution < 1.29 is 9.59 Å². The zero-order valence-corrected chi connectivity index (χ0v) is 10.2. The topological polar surface area (TPSA) is 49.4 Å². The van der Waals surface area contributed by atoms with Gasteiger partial charge in [0, 0.05) is 12.1 Å². The first-order valence-electron chi connectivity index (χ1n) is 6.39. The Balaban J connectivity index is 1.83. The number of carbonyl (C=O) groups excluding carboxylic acids is 2. The van der Waals surface area contributed by atoms with Gasteiger partial charge in [0.15, 0.2) is 0 Å². The molecule has 0 aromatic heterocycles. The molecule has 1 aromatic carbocycles. The molecule has 2 heterocycles. The standard InChI is InChI=1S/C14H16N2O2/c17-13-7-11-3-1-2-4-12(11)14(18)16(13)9-10-5-6-15-8-10/h1-4,10,15H,5-9H2. The summed E-state index contributed by atoms with van der Waals surface area (Å²) in [6.07, 6.45) is 1.39. The van der Waals surface area contributed by atoms with Crippen LogP contribution in [0.1, 0.15) is 22.3 Å². The van der Waals surface area contributed by atoms with E-state index in [2.05, 4.69) is 5.32 Å². The molecule has 2 aliphatic rings. The molecule has 2 amide bonds. The highest BCUT2D eigenvalue weighted by Gasteiger charge is 2.32. The first kappa shape index (κ1) is 11.4. The zero-order chi connectivity index (χ0) is 12.5. The summed E-state index contributed by atoms with van der Waals surface area (Å²) in [4.78, 5) is 25.8. The van der Waals surface area contributed by atoms with Crippen molar-refractivity contribution in [2.45, 2.75) is 12.8 Å². The summed E-state index contributed by atoms with van der Waals surface area (Å²) >= 11 is 0. The van der Waals surface area contributed by atoms with Gasteiger partial charge in [-0.3, -0.25) is 14.5 Å². The number of imide groups is 1. The van der Waals surface area contributed by atoms with Gasteiger partial charge in [-0.05, 0) is 37.1 Å². The minimum absolute atomic E-state index is 0.0643. The predicted molar refractivity (Wildman–Crippen MR) is 67.2 cm³/mol. The molecule has 0 radical (unpaired) electrons. The SMILES string of the molecule is O=C1Cc2ccccc2C(=O)N1CC1CCNC1. The maximum atomic E-state index is 12.3. The number of rotatable bonds is 2. The smallest absolute Gasteiger partial charge is 0.260 e. The number of nitrogens with one attached hydrogen (secondary N) is 1. The van der Waals surface area contributed by atoms with Crippen LogP contribution in [0.15, 0.2) is 24.3 Å². The Hall–Kier alpha value is -1.68. The first-order valence-corrected chi connectivity index (χ1v) is 6.39. The summed E-state index contributed by atoms with van der Waals surface area (Å²) in [6.45, 7) is 2.44. The molecule has 4 nitrogen and oxygen atoms in total. The Labute approximate surface area is 106 Å². The molecule has 3 rings (SSSR count). The van der Waals surface area contributed by atoms with Crippen molar-refractivity contribution in [1.82, 2.24) is 10.2 Å². The second-order valence-corrected chi connectivity index (χ2v) is 5.00. The molecule has 1 fully saturated rings. The molecule has 0 bridgehead atoms. The van der Waals surface area contributed by atoms with Crippen LogP contribution in [0.5, 0.6) is 0 Å². The second kappa shape index (κ2) is 4.53. The van der Waals surface area contributed by atoms with Gasteiger partial charge in [-0.25, -0.2) is 0 Å². The van der Waals surface area contributed by atoms with Crippen molar-refractivity contribution in [2.24, 2.45) is 5.92 Å². The monoisotopic (exact) mass is 244 g/mol. The van der Waals surface area contributed by atoms with E-state index in [4.69, 9.17) is 0 Å². The van der Waals surface area contributed by atoms with Crippen LogP contribution in [0, 0.1) is 5.92 Å². The summed E-state index contributed by atoms with van der Waals surface area (Å²) in [5.41, 5.74) is 1.54. The van der Waals surface area contributed by atoms with E-state index in [1.807, 2.05) is 24.3 Å². The molecule has 0 aliphatic carbocycles. The number of benzene rings is 1. The van der Waals surface area contributed by atoms with E-state index in [9.17, 15) is 9.59 Å². The number of carbonyl (C=O) groups is 2. The molecule has 1 unspecified atom stereocenters. The molecule has 94 valence electrons. The number of hydrogen-bond donors (Lipinski definition) is 1. The van der Waals surface area contributed by atoms with Crippen LogP contribution in [-0.2, 0) is 11.2 Å². The van der Waals surface area contributed by atoms with Gasteiger partial charge in [0.05, 0.1) is 6.42 Å². The second-order valence-electron chi connectivity index (χ2n) is 5.00. The Bertz CT molecular complexity index is 492. The summed E-state index contributed by atoms with van der Waals surface area (Å²) in [5.74, 6) is 0.211.